The number of esters is 1. The van der Waals surface area contributed by atoms with Crippen molar-refractivity contribution in [3.05, 3.63) is 45.6 Å². The third-order valence-electron chi connectivity index (χ3n) is 5.55. The van der Waals surface area contributed by atoms with Gasteiger partial charge in [0.15, 0.2) is 0 Å². The molecule has 0 bridgehead atoms. The summed E-state index contributed by atoms with van der Waals surface area (Å²) in [6.45, 7) is 8.90. The molecule has 0 aromatic heterocycles. The first-order valence-electron chi connectivity index (χ1n) is 11.5. The Kier molecular flexibility index (Phi) is 13.2. The van der Waals surface area contributed by atoms with Crippen LogP contribution in [0.5, 0.6) is 0 Å². The van der Waals surface area contributed by atoms with E-state index in [4.69, 9.17) is 4.74 Å². The molecule has 1 aromatic carbocycles. The van der Waals surface area contributed by atoms with Crippen molar-refractivity contribution in [3.63, 3.8) is 0 Å². The number of hydrogen-bond acceptors (Lipinski definition) is 3. The molecule has 0 aliphatic heterocycles. The zero-order valence-corrected chi connectivity index (χ0v) is 21.8. The van der Waals surface area contributed by atoms with Crippen LogP contribution in [0.4, 0.5) is 0 Å². The van der Waals surface area contributed by atoms with Gasteiger partial charge in [-0.25, -0.2) is 0 Å². The summed E-state index contributed by atoms with van der Waals surface area (Å²) in [5, 5.41) is 0. The fourth-order valence-electron chi connectivity index (χ4n) is 3.85. The van der Waals surface area contributed by atoms with Crippen LogP contribution in [0.15, 0.2) is 40.0 Å². The Bertz CT molecular complexity index is 615. The van der Waals surface area contributed by atoms with Gasteiger partial charge in [0.05, 0.1) is 0 Å². The summed E-state index contributed by atoms with van der Waals surface area (Å²) < 4.78 is 11.5. The van der Waals surface area contributed by atoms with E-state index in [9.17, 15) is 9.59 Å². The average molecular weight is 507 g/mol. The second-order valence-electron chi connectivity index (χ2n) is 8.03. The number of Topliss-reactive ketones (excluding diaryl/α,β-unsaturated/α-hetero) is 1. The van der Waals surface area contributed by atoms with E-state index in [0.717, 1.165) is 0 Å². The molecule has 0 heterocycles. The minimum atomic E-state index is -2.70. The summed E-state index contributed by atoms with van der Waals surface area (Å²) in [5.74, 6) is -0.283. The third-order valence-corrected chi connectivity index (χ3v) is 19.8. The minimum absolute atomic E-state index is 0.00608. The zero-order chi connectivity index (χ0) is 21.5. The summed E-state index contributed by atoms with van der Waals surface area (Å²) in [5.41, 5.74) is 1.29. The van der Waals surface area contributed by atoms with E-state index in [1.54, 1.807) is 0 Å². The quantitative estimate of drug-likeness (QED) is 0.110. The Hall–Kier alpha value is -1.10. The van der Waals surface area contributed by atoms with Crippen LogP contribution in [-0.2, 0) is 9.53 Å². The number of ketones is 1. The van der Waals surface area contributed by atoms with E-state index in [1.807, 2.05) is 37.3 Å². The number of ether oxygens (including phenoxy) is 1. The van der Waals surface area contributed by atoms with Gasteiger partial charge >= 0.3 is 183 Å². The Balaban J connectivity index is 3.27. The molecule has 0 unspecified atom stereocenters. The van der Waals surface area contributed by atoms with Gasteiger partial charge < -0.3 is 0 Å². The molecule has 0 fully saturated rings. The second-order valence-corrected chi connectivity index (χ2v) is 20.9. The number of carbonyl (C=O) groups excluding carboxylic acids is 2. The molecule has 162 valence electrons. The van der Waals surface area contributed by atoms with E-state index < -0.39 is 18.4 Å². The van der Waals surface area contributed by atoms with Crippen molar-refractivity contribution in [1.82, 2.24) is 0 Å². The molecule has 0 saturated heterocycles. The van der Waals surface area contributed by atoms with Crippen LogP contribution >= 0.6 is 0 Å². The third kappa shape index (κ3) is 9.50. The number of benzene rings is 1. The monoisotopic (exact) mass is 508 g/mol. The first-order valence-corrected chi connectivity index (χ1v) is 19.2. The molecule has 0 radical (unpaired) electrons. The van der Waals surface area contributed by atoms with Crippen molar-refractivity contribution in [3.8, 4) is 0 Å². The molecule has 0 saturated carbocycles. The van der Waals surface area contributed by atoms with Crippen LogP contribution in [0.1, 0.15) is 83.0 Å². The van der Waals surface area contributed by atoms with Gasteiger partial charge in [-0.1, -0.05) is 0 Å². The molecule has 0 atom stereocenters. The maximum absolute atomic E-state index is 12.9. The fourth-order valence-corrected chi connectivity index (χ4v) is 19.0. The molecule has 1 aromatic rings. The van der Waals surface area contributed by atoms with Crippen molar-refractivity contribution >= 4 is 30.1 Å². The van der Waals surface area contributed by atoms with Gasteiger partial charge in [-0.15, -0.1) is 0 Å². The van der Waals surface area contributed by atoms with Crippen LogP contribution in [0.2, 0.25) is 13.3 Å². The van der Waals surface area contributed by atoms with E-state index >= 15 is 0 Å². The van der Waals surface area contributed by atoms with Gasteiger partial charge in [-0.2, -0.15) is 0 Å². The van der Waals surface area contributed by atoms with Gasteiger partial charge in [0.2, 0.25) is 0 Å². The summed E-state index contributed by atoms with van der Waals surface area (Å²) in [6, 6.07) is 9.29. The number of hydrogen-bond donors (Lipinski definition) is 0. The predicted molar refractivity (Wildman–Crippen MR) is 125 cm³/mol. The molecule has 0 amide bonds. The first kappa shape index (κ1) is 25.9. The van der Waals surface area contributed by atoms with Crippen molar-refractivity contribution in [2.75, 3.05) is 6.61 Å². The normalized spacial score (nSPS) is 12.1. The zero-order valence-electron chi connectivity index (χ0n) is 19.0. The maximum atomic E-state index is 12.9. The summed E-state index contributed by atoms with van der Waals surface area (Å²) in [7, 11) is 0. The van der Waals surface area contributed by atoms with E-state index in [-0.39, 0.29) is 18.2 Å². The molecule has 29 heavy (non-hydrogen) atoms. The van der Waals surface area contributed by atoms with E-state index in [0.29, 0.717) is 17.7 Å². The fraction of sp³-hybridized carbons (Fsp3) is 0.600. The van der Waals surface area contributed by atoms with Crippen LogP contribution in [-0.4, -0.2) is 36.7 Å². The molecular formula is C25H40O3Sn. The average Bonchev–Trinajstić information content (AvgIpc) is 2.74. The standard InChI is InChI=1S/C13H13O3.3C4H9.Sn/c1-3-16-13(15)10(2)9-12(14)11-7-5-4-6-8-11;3*1-3-4-2;/h2,4-8H,3,9H2,1H3;3*1,3-4H2,2H3;. The van der Waals surface area contributed by atoms with Gasteiger partial charge in [-0.05, 0) is 0 Å². The van der Waals surface area contributed by atoms with E-state index in [1.165, 1.54) is 51.8 Å². The first-order chi connectivity index (χ1) is 14.0. The molecule has 0 aliphatic rings. The molecular weight excluding hydrogens is 467 g/mol. The Labute approximate surface area is 182 Å². The van der Waals surface area contributed by atoms with E-state index in [2.05, 4.69) is 24.9 Å². The second kappa shape index (κ2) is 14.8. The molecule has 0 spiro atoms. The Morgan fingerprint density at radius 1 is 0.862 bits per heavy atom. The van der Waals surface area contributed by atoms with Crippen molar-refractivity contribution in [1.29, 1.82) is 0 Å². The van der Waals surface area contributed by atoms with Gasteiger partial charge in [-0.3, -0.25) is 0 Å². The molecule has 4 heteroatoms. The van der Waals surface area contributed by atoms with Crippen molar-refractivity contribution in [2.24, 2.45) is 0 Å². The van der Waals surface area contributed by atoms with Crippen molar-refractivity contribution < 1.29 is 14.3 Å². The summed E-state index contributed by atoms with van der Waals surface area (Å²) >= 11 is -2.70. The topological polar surface area (TPSA) is 43.4 Å². The Morgan fingerprint density at radius 2 is 1.38 bits per heavy atom. The molecule has 3 nitrogen and oxygen atoms in total. The van der Waals surface area contributed by atoms with Gasteiger partial charge in [0.25, 0.3) is 0 Å². The van der Waals surface area contributed by atoms with Crippen molar-refractivity contribution in [2.45, 2.75) is 86.0 Å². The van der Waals surface area contributed by atoms with Crippen LogP contribution in [0, 0.1) is 0 Å². The number of rotatable bonds is 15. The van der Waals surface area contributed by atoms with Crippen LogP contribution < -0.4 is 0 Å². The van der Waals surface area contributed by atoms with Crippen LogP contribution in [0.3, 0.4) is 0 Å². The van der Waals surface area contributed by atoms with Crippen LogP contribution in [0.25, 0.3) is 0 Å². The van der Waals surface area contributed by atoms with Gasteiger partial charge in [0.1, 0.15) is 0 Å². The number of unbranched alkanes of at least 4 members (excludes halogenated alkanes) is 3. The summed E-state index contributed by atoms with van der Waals surface area (Å²) in [6.07, 6.45) is 7.38. The molecule has 0 aliphatic carbocycles. The molecule has 0 N–H and O–H groups in total. The number of carbonyl (C=O) groups is 2. The SMILES string of the molecule is CCC[CH2][Sn](/[CH]=C(/CC(=O)c1ccccc1)C(=O)OCC)([CH2]CCC)[CH2]CCC. The Morgan fingerprint density at radius 3 is 1.83 bits per heavy atom. The predicted octanol–water partition coefficient (Wildman–Crippen LogP) is 7.14. The molecule has 1 rings (SSSR count). The summed E-state index contributed by atoms with van der Waals surface area (Å²) in [4.78, 5) is 25.7. The van der Waals surface area contributed by atoms with Gasteiger partial charge in [0, 0.05) is 0 Å².